The molecule has 3 aromatic carbocycles. The largest absolute Gasteiger partial charge is 0.368 e. The first-order valence-electron chi connectivity index (χ1n) is 15.6. The number of piperazine rings is 1. The van der Waals surface area contributed by atoms with Crippen molar-refractivity contribution in [2.24, 2.45) is 17.4 Å². The Morgan fingerprint density at radius 2 is 1.67 bits per heavy atom. The summed E-state index contributed by atoms with van der Waals surface area (Å²) in [4.78, 5) is 57.5. The quantitative estimate of drug-likeness (QED) is 0.304. The van der Waals surface area contributed by atoms with Crippen molar-refractivity contribution in [3.05, 3.63) is 83.7 Å². The van der Waals surface area contributed by atoms with Crippen LogP contribution in [0.25, 0.3) is 10.8 Å². The van der Waals surface area contributed by atoms with Crippen LogP contribution >= 0.6 is 0 Å². The molecule has 1 aliphatic heterocycles. The standard InChI is InChI=1S/C35H42FN5O4/c1-21(25-13-12-24-6-4-5-7-26(24)20-25)30(31(37)42)41-17-16-40(29(33(41)44)19-23-8-9-23)32(43)28(39-34(45)35(2,3)38)18-22-10-14-27(36)15-11-22/h4-7,10-15,20-21,23,28-30H,8-9,16-19,38H2,1-3H3,(H2,37,42)(H,39,45). The molecular formula is C35H42FN5O4. The van der Waals surface area contributed by atoms with Crippen molar-refractivity contribution < 1.29 is 23.6 Å². The van der Waals surface area contributed by atoms with E-state index in [2.05, 4.69) is 5.32 Å². The molecule has 1 saturated heterocycles. The number of primary amides is 1. The minimum Gasteiger partial charge on any atom is -0.368 e. The number of amides is 4. The van der Waals surface area contributed by atoms with E-state index >= 15 is 0 Å². The summed E-state index contributed by atoms with van der Waals surface area (Å²) >= 11 is 0. The van der Waals surface area contributed by atoms with Crippen molar-refractivity contribution in [3.8, 4) is 0 Å². The summed E-state index contributed by atoms with van der Waals surface area (Å²) in [5.74, 6) is -2.41. The smallest absolute Gasteiger partial charge is 0.246 e. The highest BCUT2D eigenvalue weighted by molar-refractivity contribution is 5.96. The second-order valence-electron chi connectivity index (χ2n) is 13.1. The maximum atomic E-state index is 14.3. The second kappa shape index (κ2) is 13.0. The van der Waals surface area contributed by atoms with Crippen molar-refractivity contribution in [2.75, 3.05) is 13.1 Å². The molecule has 10 heteroatoms. The van der Waals surface area contributed by atoms with E-state index in [4.69, 9.17) is 11.5 Å². The van der Waals surface area contributed by atoms with Crippen LogP contribution in [0.15, 0.2) is 66.7 Å². The number of nitrogens with two attached hydrogens (primary N) is 2. The number of halogens is 1. The molecule has 2 fully saturated rings. The molecule has 4 unspecified atom stereocenters. The zero-order valence-corrected chi connectivity index (χ0v) is 26.0. The molecule has 238 valence electrons. The summed E-state index contributed by atoms with van der Waals surface area (Å²) in [7, 11) is 0. The molecule has 5 rings (SSSR count). The van der Waals surface area contributed by atoms with E-state index in [-0.39, 0.29) is 31.3 Å². The van der Waals surface area contributed by atoms with Gasteiger partial charge in [0.25, 0.3) is 0 Å². The molecule has 3 aromatic rings. The van der Waals surface area contributed by atoms with Crippen LogP contribution in [0, 0.1) is 11.7 Å². The molecule has 1 saturated carbocycles. The average molecular weight is 616 g/mol. The van der Waals surface area contributed by atoms with Gasteiger partial charge in [-0.3, -0.25) is 19.2 Å². The molecule has 1 aliphatic carbocycles. The number of nitrogens with one attached hydrogen (secondary N) is 1. The van der Waals surface area contributed by atoms with Gasteiger partial charge in [-0.1, -0.05) is 74.4 Å². The van der Waals surface area contributed by atoms with Crippen molar-refractivity contribution in [1.29, 1.82) is 0 Å². The molecule has 9 nitrogen and oxygen atoms in total. The van der Waals surface area contributed by atoms with E-state index in [1.165, 1.54) is 21.9 Å². The number of benzene rings is 3. The molecular weight excluding hydrogens is 573 g/mol. The van der Waals surface area contributed by atoms with Crippen LogP contribution in [0.2, 0.25) is 0 Å². The zero-order chi connectivity index (χ0) is 32.5. The van der Waals surface area contributed by atoms with E-state index < -0.39 is 53.1 Å². The topological polar surface area (TPSA) is 139 Å². The number of rotatable bonds is 11. The third-order valence-corrected chi connectivity index (χ3v) is 9.00. The van der Waals surface area contributed by atoms with Crippen LogP contribution < -0.4 is 16.8 Å². The van der Waals surface area contributed by atoms with Crippen molar-refractivity contribution in [2.45, 2.75) is 76.0 Å². The van der Waals surface area contributed by atoms with Crippen LogP contribution in [-0.4, -0.2) is 70.2 Å². The van der Waals surface area contributed by atoms with E-state index in [0.717, 1.165) is 29.2 Å². The van der Waals surface area contributed by atoms with Gasteiger partial charge in [0, 0.05) is 25.4 Å². The Morgan fingerprint density at radius 3 is 2.29 bits per heavy atom. The van der Waals surface area contributed by atoms with Gasteiger partial charge in [0.15, 0.2) is 0 Å². The Balaban J connectivity index is 1.42. The minimum atomic E-state index is -1.25. The highest BCUT2D eigenvalue weighted by Crippen LogP contribution is 2.37. The van der Waals surface area contributed by atoms with Gasteiger partial charge in [0.05, 0.1) is 5.54 Å². The van der Waals surface area contributed by atoms with Crippen molar-refractivity contribution in [1.82, 2.24) is 15.1 Å². The lowest BCUT2D eigenvalue weighted by Gasteiger charge is -2.45. The maximum Gasteiger partial charge on any atom is 0.246 e. The number of hydrogen-bond acceptors (Lipinski definition) is 5. The first-order valence-corrected chi connectivity index (χ1v) is 15.6. The number of fused-ring (bicyclic) bond motifs is 1. The van der Waals surface area contributed by atoms with Gasteiger partial charge < -0.3 is 26.6 Å². The van der Waals surface area contributed by atoms with Crippen LogP contribution in [0.4, 0.5) is 4.39 Å². The first kappa shape index (κ1) is 32.1. The molecule has 5 N–H and O–H groups in total. The summed E-state index contributed by atoms with van der Waals surface area (Å²) in [6.45, 7) is 5.25. The third-order valence-electron chi connectivity index (χ3n) is 9.00. The van der Waals surface area contributed by atoms with E-state index in [9.17, 15) is 23.6 Å². The molecule has 1 heterocycles. The average Bonchev–Trinajstić information content (AvgIpc) is 3.82. The highest BCUT2D eigenvalue weighted by Gasteiger charge is 2.46. The monoisotopic (exact) mass is 615 g/mol. The fourth-order valence-electron chi connectivity index (χ4n) is 6.19. The molecule has 0 radical (unpaired) electrons. The molecule has 0 bridgehead atoms. The van der Waals surface area contributed by atoms with Gasteiger partial charge in [0.2, 0.25) is 23.6 Å². The van der Waals surface area contributed by atoms with Crippen LogP contribution in [0.3, 0.4) is 0 Å². The molecule has 0 aromatic heterocycles. The lowest BCUT2D eigenvalue weighted by atomic mass is 9.88. The first-order chi connectivity index (χ1) is 21.3. The van der Waals surface area contributed by atoms with Gasteiger partial charge in [-0.2, -0.15) is 0 Å². The van der Waals surface area contributed by atoms with Gasteiger partial charge >= 0.3 is 0 Å². The van der Waals surface area contributed by atoms with E-state index in [1.54, 1.807) is 26.0 Å². The highest BCUT2D eigenvalue weighted by atomic mass is 19.1. The number of hydrogen-bond donors (Lipinski definition) is 3. The van der Waals surface area contributed by atoms with Crippen LogP contribution in [-0.2, 0) is 25.6 Å². The number of carbonyl (C=O) groups excluding carboxylic acids is 4. The summed E-state index contributed by atoms with van der Waals surface area (Å²) in [6.07, 6.45) is 2.45. The van der Waals surface area contributed by atoms with Gasteiger partial charge in [-0.25, -0.2) is 4.39 Å². The fraction of sp³-hybridized carbons (Fsp3) is 0.429. The van der Waals surface area contributed by atoms with Gasteiger partial charge in [0.1, 0.15) is 23.9 Å². The Kier molecular flexibility index (Phi) is 9.25. The Hall–Kier alpha value is -4.31. The second-order valence-corrected chi connectivity index (χ2v) is 13.1. The molecule has 4 atom stereocenters. The SMILES string of the molecule is CC(c1ccc2ccccc2c1)C(C(N)=O)N1CCN(C(=O)C(Cc2ccc(F)cc2)NC(=O)C(C)(C)N)C(CC2CC2)C1=O. The van der Waals surface area contributed by atoms with Gasteiger partial charge in [-0.05, 0) is 60.2 Å². The van der Waals surface area contributed by atoms with E-state index in [0.29, 0.717) is 12.0 Å². The zero-order valence-electron chi connectivity index (χ0n) is 26.0. The summed E-state index contributed by atoms with van der Waals surface area (Å²) in [5, 5.41) is 4.87. The normalized spacial score (nSPS) is 19.2. The number of nitrogens with zero attached hydrogens (tertiary/aromatic N) is 2. The molecule has 45 heavy (non-hydrogen) atoms. The Labute approximate surface area is 263 Å². The lowest BCUT2D eigenvalue weighted by molar-refractivity contribution is -0.157. The fourth-order valence-corrected chi connectivity index (χ4v) is 6.19. The third kappa shape index (κ3) is 7.33. The Morgan fingerprint density at radius 1 is 1.00 bits per heavy atom. The lowest BCUT2D eigenvalue weighted by Crippen LogP contribution is -2.66. The Bertz CT molecular complexity index is 1580. The van der Waals surface area contributed by atoms with Gasteiger partial charge in [-0.15, -0.1) is 0 Å². The summed E-state index contributed by atoms with van der Waals surface area (Å²) in [5.41, 5.74) is 12.3. The maximum absolute atomic E-state index is 14.3. The van der Waals surface area contributed by atoms with E-state index in [1.807, 2.05) is 49.4 Å². The summed E-state index contributed by atoms with van der Waals surface area (Å²) in [6, 6.07) is 16.8. The molecule has 4 amide bonds. The van der Waals surface area contributed by atoms with Crippen LogP contribution in [0.1, 0.15) is 57.1 Å². The predicted molar refractivity (Wildman–Crippen MR) is 170 cm³/mol. The van der Waals surface area contributed by atoms with Crippen molar-refractivity contribution >= 4 is 34.4 Å². The minimum absolute atomic E-state index is 0.0917. The van der Waals surface area contributed by atoms with Crippen LogP contribution in [0.5, 0.6) is 0 Å². The number of carbonyl (C=O) groups is 4. The predicted octanol–water partition coefficient (Wildman–Crippen LogP) is 3.24. The molecule has 0 spiro atoms. The molecule has 2 aliphatic rings. The summed E-state index contributed by atoms with van der Waals surface area (Å²) < 4.78 is 13.6. The van der Waals surface area contributed by atoms with Crippen molar-refractivity contribution in [3.63, 3.8) is 0 Å².